The highest BCUT2D eigenvalue weighted by atomic mass is 32.2. The quantitative estimate of drug-likeness (QED) is 0.649. The number of alkyl halides is 3. The molecule has 2 saturated heterocycles. The molecule has 2 N–H and O–H groups in total. The monoisotopic (exact) mass is 488 g/mol. The number of carbonyl (C=O) groups is 1. The Morgan fingerprint density at radius 1 is 1.18 bits per heavy atom. The molecule has 33 heavy (non-hydrogen) atoms. The Bertz CT molecular complexity index is 1070. The van der Waals surface area contributed by atoms with Crippen molar-refractivity contribution >= 4 is 26.8 Å². The van der Waals surface area contributed by atoms with Crippen LogP contribution in [0.5, 0.6) is 0 Å². The van der Waals surface area contributed by atoms with Crippen molar-refractivity contribution < 1.29 is 36.2 Å². The van der Waals surface area contributed by atoms with Crippen LogP contribution >= 0.6 is 0 Å². The van der Waals surface area contributed by atoms with Gasteiger partial charge in [-0.05, 0) is 23.3 Å². The molecule has 0 spiro atoms. The zero-order chi connectivity index (χ0) is 24.2. The SMILES string of the molecule is CCS(=O)(=O)NC[C@@H]1CO[C@@H]2CN(Cc3cccc4ccccc34)C[C@H]12.O=C(O)C(F)(F)F. The topological polar surface area (TPSA) is 95.9 Å². The molecule has 4 rings (SSSR count). The zero-order valence-corrected chi connectivity index (χ0v) is 18.9. The smallest absolute Gasteiger partial charge is 0.475 e. The minimum absolute atomic E-state index is 0.127. The molecule has 2 aliphatic rings. The molecular weight excluding hydrogens is 461 g/mol. The van der Waals surface area contributed by atoms with Gasteiger partial charge in [0, 0.05) is 38.0 Å². The highest BCUT2D eigenvalue weighted by molar-refractivity contribution is 7.89. The highest BCUT2D eigenvalue weighted by Crippen LogP contribution is 2.34. The van der Waals surface area contributed by atoms with Crippen LogP contribution in [0.3, 0.4) is 0 Å². The number of fused-ring (bicyclic) bond motifs is 2. The molecule has 11 heteroatoms. The number of carboxylic acid groups (broad SMARTS) is 1. The summed E-state index contributed by atoms with van der Waals surface area (Å²) in [5, 5.41) is 9.70. The molecule has 3 atom stereocenters. The molecule has 0 aromatic heterocycles. The van der Waals surface area contributed by atoms with Crippen LogP contribution in [0.15, 0.2) is 42.5 Å². The standard InChI is InChI=1S/C20H26N2O3S.C2HF3O2/c1-2-26(23,24)21-10-17-14-25-20-13-22(12-19(17)20)11-16-8-5-7-15-6-3-4-9-18(15)16;3-2(4,5)1(6)7/h3-9,17,19-21H,2,10-14H2,1H3;(H,6,7)/t17-,19-,20-;/m1./s1. The predicted octanol–water partition coefficient (Wildman–Crippen LogP) is 2.86. The number of halogens is 3. The van der Waals surface area contributed by atoms with Gasteiger partial charge in [-0.1, -0.05) is 42.5 Å². The number of carboxylic acids is 1. The van der Waals surface area contributed by atoms with Crippen LogP contribution in [0.4, 0.5) is 13.2 Å². The lowest BCUT2D eigenvalue weighted by atomic mass is 9.93. The van der Waals surface area contributed by atoms with Gasteiger partial charge in [-0.25, -0.2) is 17.9 Å². The van der Waals surface area contributed by atoms with E-state index in [1.165, 1.54) is 16.3 Å². The number of aliphatic carboxylic acids is 1. The van der Waals surface area contributed by atoms with Crippen LogP contribution in [0.1, 0.15) is 12.5 Å². The highest BCUT2D eigenvalue weighted by Gasteiger charge is 2.43. The van der Waals surface area contributed by atoms with E-state index in [1.807, 2.05) is 0 Å². The van der Waals surface area contributed by atoms with E-state index in [0.29, 0.717) is 19.1 Å². The van der Waals surface area contributed by atoms with Crippen LogP contribution in [-0.4, -0.2) is 68.7 Å². The number of nitrogens with zero attached hydrogens (tertiary/aromatic N) is 1. The lowest BCUT2D eigenvalue weighted by molar-refractivity contribution is -0.192. The van der Waals surface area contributed by atoms with Gasteiger partial charge in [0.25, 0.3) is 0 Å². The van der Waals surface area contributed by atoms with Gasteiger partial charge in [0.05, 0.1) is 18.5 Å². The third-order valence-electron chi connectivity index (χ3n) is 5.98. The Hall–Kier alpha value is -2.21. The second-order valence-electron chi connectivity index (χ2n) is 8.18. The van der Waals surface area contributed by atoms with E-state index in [4.69, 9.17) is 14.6 Å². The van der Waals surface area contributed by atoms with E-state index in [0.717, 1.165) is 19.6 Å². The predicted molar refractivity (Wildman–Crippen MR) is 117 cm³/mol. The summed E-state index contributed by atoms with van der Waals surface area (Å²) in [4.78, 5) is 11.3. The first-order valence-electron chi connectivity index (χ1n) is 10.6. The Morgan fingerprint density at radius 2 is 1.85 bits per heavy atom. The van der Waals surface area contributed by atoms with Crippen LogP contribution in [0, 0.1) is 11.8 Å². The van der Waals surface area contributed by atoms with E-state index in [9.17, 15) is 21.6 Å². The van der Waals surface area contributed by atoms with Crippen molar-refractivity contribution in [3.63, 3.8) is 0 Å². The van der Waals surface area contributed by atoms with E-state index in [-0.39, 0.29) is 17.8 Å². The van der Waals surface area contributed by atoms with Gasteiger partial charge in [0.1, 0.15) is 0 Å². The number of likely N-dealkylation sites (tertiary alicyclic amines) is 1. The Balaban J connectivity index is 0.000000383. The minimum Gasteiger partial charge on any atom is -0.475 e. The molecule has 2 heterocycles. The average molecular weight is 489 g/mol. The summed E-state index contributed by atoms with van der Waals surface area (Å²) < 4.78 is 63.9. The Kier molecular flexibility index (Phi) is 7.99. The molecule has 0 amide bonds. The van der Waals surface area contributed by atoms with E-state index in [1.54, 1.807) is 6.92 Å². The van der Waals surface area contributed by atoms with Crippen molar-refractivity contribution in [3.05, 3.63) is 48.0 Å². The first-order chi connectivity index (χ1) is 15.5. The first-order valence-corrected chi connectivity index (χ1v) is 12.2. The summed E-state index contributed by atoms with van der Waals surface area (Å²) in [6, 6.07) is 15.0. The number of benzene rings is 2. The van der Waals surface area contributed by atoms with Gasteiger partial charge in [-0.15, -0.1) is 0 Å². The number of rotatable bonds is 6. The van der Waals surface area contributed by atoms with Gasteiger partial charge in [0.2, 0.25) is 10.0 Å². The van der Waals surface area contributed by atoms with E-state index in [2.05, 4.69) is 52.1 Å². The molecule has 2 aromatic rings. The normalized spacial score (nSPS) is 23.2. The average Bonchev–Trinajstić information content (AvgIpc) is 3.33. The van der Waals surface area contributed by atoms with Crippen molar-refractivity contribution in [1.82, 2.24) is 9.62 Å². The van der Waals surface area contributed by atoms with Crippen LogP contribution in [0.25, 0.3) is 10.8 Å². The summed E-state index contributed by atoms with van der Waals surface area (Å²) >= 11 is 0. The number of ether oxygens (including phenoxy) is 1. The maximum Gasteiger partial charge on any atom is 0.490 e. The molecule has 182 valence electrons. The summed E-state index contributed by atoms with van der Waals surface area (Å²) in [6.07, 6.45) is -4.86. The molecule has 0 bridgehead atoms. The molecule has 2 aromatic carbocycles. The molecular formula is C22H27F3N2O5S. The van der Waals surface area contributed by atoms with Crippen LogP contribution in [0.2, 0.25) is 0 Å². The van der Waals surface area contributed by atoms with E-state index >= 15 is 0 Å². The molecule has 0 saturated carbocycles. The summed E-state index contributed by atoms with van der Waals surface area (Å²) in [6.45, 7) is 5.60. The van der Waals surface area contributed by atoms with Gasteiger partial charge < -0.3 is 9.84 Å². The second-order valence-corrected chi connectivity index (χ2v) is 10.3. The minimum atomic E-state index is -5.08. The second kappa shape index (κ2) is 10.4. The van der Waals surface area contributed by atoms with Crippen molar-refractivity contribution in [2.45, 2.75) is 25.7 Å². The lowest BCUT2D eigenvalue weighted by Gasteiger charge is -2.20. The maximum atomic E-state index is 11.7. The molecule has 2 fully saturated rings. The van der Waals surface area contributed by atoms with Crippen molar-refractivity contribution in [2.24, 2.45) is 11.8 Å². The Morgan fingerprint density at radius 3 is 2.52 bits per heavy atom. The van der Waals surface area contributed by atoms with Crippen molar-refractivity contribution in [1.29, 1.82) is 0 Å². The molecule has 0 radical (unpaired) electrons. The Labute approximate surface area is 190 Å². The number of nitrogens with one attached hydrogen (secondary N) is 1. The van der Waals surface area contributed by atoms with Crippen molar-refractivity contribution in [2.75, 3.05) is 32.0 Å². The van der Waals surface area contributed by atoms with Crippen LogP contribution in [-0.2, 0) is 26.1 Å². The largest absolute Gasteiger partial charge is 0.490 e. The molecule has 7 nitrogen and oxygen atoms in total. The van der Waals surface area contributed by atoms with Crippen molar-refractivity contribution in [3.8, 4) is 0 Å². The van der Waals surface area contributed by atoms with Crippen LogP contribution < -0.4 is 4.72 Å². The van der Waals surface area contributed by atoms with Gasteiger partial charge in [-0.3, -0.25) is 4.90 Å². The maximum absolute atomic E-state index is 11.7. The van der Waals surface area contributed by atoms with Gasteiger partial charge in [-0.2, -0.15) is 13.2 Å². The lowest BCUT2D eigenvalue weighted by Crippen LogP contribution is -2.35. The fourth-order valence-electron chi connectivity index (χ4n) is 4.23. The third-order valence-corrected chi connectivity index (χ3v) is 7.34. The number of sulfonamides is 1. The number of hydrogen-bond acceptors (Lipinski definition) is 5. The van der Waals surface area contributed by atoms with E-state index < -0.39 is 22.2 Å². The zero-order valence-electron chi connectivity index (χ0n) is 18.1. The fourth-order valence-corrected chi connectivity index (χ4v) is 4.90. The summed E-state index contributed by atoms with van der Waals surface area (Å²) in [7, 11) is -3.14. The molecule has 2 aliphatic heterocycles. The number of hydrogen-bond donors (Lipinski definition) is 2. The third kappa shape index (κ3) is 6.66. The molecule has 0 aliphatic carbocycles. The molecule has 0 unspecified atom stereocenters. The first kappa shape index (κ1) is 25.4. The fraction of sp³-hybridized carbons (Fsp3) is 0.500. The van der Waals surface area contributed by atoms with Gasteiger partial charge in [0.15, 0.2) is 0 Å². The van der Waals surface area contributed by atoms with Gasteiger partial charge >= 0.3 is 12.1 Å². The summed E-state index contributed by atoms with van der Waals surface area (Å²) in [5.74, 6) is -1.96. The summed E-state index contributed by atoms with van der Waals surface area (Å²) in [5.41, 5.74) is 1.34.